The molecule has 3 heteroatoms. The lowest BCUT2D eigenvalue weighted by atomic mass is 10.1. The quantitative estimate of drug-likeness (QED) is 0.805. The van der Waals surface area contributed by atoms with Crippen LogP contribution in [-0.2, 0) is 22.6 Å². The first-order valence-corrected chi connectivity index (χ1v) is 6.86. The van der Waals surface area contributed by atoms with E-state index in [0.29, 0.717) is 12.7 Å². The van der Waals surface area contributed by atoms with Gasteiger partial charge in [-0.15, -0.1) is 0 Å². The molecule has 1 heterocycles. The zero-order chi connectivity index (χ0) is 12.6. The van der Waals surface area contributed by atoms with Gasteiger partial charge in [0.25, 0.3) is 0 Å². The SMILES string of the molecule is CCNCc1cccc(COCC2CCCO2)c1. The average Bonchev–Trinajstić information content (AvgIpc) is 2.90. The summed E-state index contributed by atoms with van der Waals surface area (Å²) in [5.41, 5.74) is 2.55. The molecule has 0 amide bonds. The molecule has 1 fully saturated rings. The van der Waals surface area contributed by atoms with Crippen LogP contribution >= 0.6 is 0 Å². The van der Waals surface area contributed by atoms with Gasteiger partial charge >= 0.3 is 0 Å². The van der Waals surface area contributed by atoms with Crippen molar-refractivity contribution in [2.24, 2.45) is 0 Å². The molecule has 1 aromatic carbocycles. The minimum Gasteiger partial charge on any atom is -0.376 e. The van der Waals surface area contributed by atoms with Crippen molar-refractivity contribution in [3.63, 3.8) is 0 Å². The van der Waals surface area contributed by atoms with Gasteiger partial charge in [0.15, 0.2) is 0 Å². The molecular weight excluding hydrogens is 226 g/mol. The van der Waals surface area contributed by atoms with Crippen molar-refractivity contribution in [3.05, 3.63) is 35.4 Å². The van der Waals surface area contributed by atoms with E-state index in [9.17, 15) is 0 Å². The summed E-state index contributed by atoms with van der Waals surface area (Å²) in [7, 11) is 0. The lowest BCUT2D eigenvalue weighted by molar-refractivity contribution is 0.0106. The van der Waals surface area contributed by atoms with E-state index in [1.54, 1.807) is 0 Å². The lowest BCUT2D eigenvalue weighted by Gasteiger charge is -2.11. The van der Waals surface area contributed by atoms with Crippen molar-refractivity contribution in [1.82, 2.24) is 5.32 Å². The molecule has 1 aliphatic rings. The largest absolute Gasteiger partial charge is 0.376 e. The lowest BCUT2D eigenvalue weighted by Crippen LogP contribution is -2.14. The summed E-state index contributed by atoms with van der Waals surface area (Å²) in [6, 6.07) is 8.56. The van der Waals surface area contributed by atoms with Gasteiger partial charge in [0.2, 0.25) is 0 Å². The second-order valence-corrected chi connectivity index (χ2v) is 4.75. The van der Waals surface area contributed by atoms with Gasteiger partial charge in [-0.25, -0.2) is 0 Å². The van der Waals surface area contributed by atoms with E-state index in [-0.39, 0.29) is 0 Å². The monoisotopic (exact) mass is 249 g/mol. The van der Waals surface area contributed by atoms with Gasteiger partial charge in [-0.05, 0) is 30.5 Å². The minimum absolute atomic E-state index is 0.315. The normalized spacial score (nSPS) is 19.3. The second kappa shape index (κ2) is 7.52. The molecule has 2 rings (SSSR count). The Morgan fingerprint density at radius 3 is 3.06 bits per heavy atom. The highest BCUT2D eigenvalue weighted by Gasteiger charge is 2.15. The van der Waals surface area contributed by atoms with E-state index in [4.69, 9.17) is 9.47 Å². The average molecular weight is 249 g/mol. The Balaban J connectivity index is 1.74. The molecule has 1 aliphatic heterocycles. The molecule has 1 unspecified atom stereocenters. The molecule has 0 radical (unpaired) electrons. The topological polar surface area (TPSA) is 30.5 Å². The van der Waals surface area contributed by atoms with E-state index in [0.717, 1.165) is 32.7 Å². The van der Waals surface area contributed by atoms with Crippen LogP contribution in [0.3, 0.4) is 0 Å². The summed E-state index contributed by atoms with van der Waals surface area (Å²) < 4.78 is 11.3. The number of benzene rings is 1. The molecule has 1 N–H and O–H groups in total. The maximum atomic E-state index is 5.72. The molecule has 18 heavy (non-hydrogen) atoms. The number of rotatable bonds is 7. The highest BCUT2D eigenvalue weighted by Crippen LogP contribution is 2.13. The van der Waals surface area contributed by atoms with Crippen molar-refractivity contribution >= 4 is 0 Å². The molecule has 0 saturated carbocycles. The Morgan fingerprint density at radius 2 is 2.28 bits per heavy atom. The fourth-order valence-electron chi connectivity index (χ4n) is 2.18. The summed E-state index contributed by atoms with van der Waals surface area (Å²) in [5, 5.41) is 3.33. The molecule has 1 aromatic rings. The maximum absolute atomic E-state index is 5.72. The Bertz CT molecular complexity index is 348. The Labute approximate surface area is 109 Å². The molecule has 0 spiro atoms. The van der Waals surface area contributed by atoms with Crippen molar-refractivity contribution in [1.29, 1.82) is 0 Å². The third-order valence-electron chi connectivity index (χ3n) is 3.17. The first-order valence-electron chi connectivity index (χ1n) is 6.86. The van der Waals surface area contributed by atoms with Crippen LogP contribution in [0, 0.1) is 0 Å². The van der Waals surface area contributed by atoms with Gasteiger partial charge in [0, 0.05) is 13.2 Å². The third kappa shape index (κ3) is 4.41. The van der Waals surface area contributed by atoms with Gasteiger partial charge in [0.1, 0.15) is 0 Å². The van der Waals surface area contributed by atoms with Crippen LogP contribution in [0.5, 0.6) is 0 Å². The van der Waals surface area contributed by atoms with E-state index >= 15 is 0 Å². The molecule has 100 valence electrons. The summed E-state index contributed by atoms with van der Waals surface area (Å²) in [4.78, 5) is 0. The van der Waals surface area contributed by atoms with Crippen molar-refractivity contribution in [2.75, 3.05) is 19.8 Å². The Hall–Kier alpha value is -0.900. The number of hydrogen-bond acceptors (Lipinski definition) is 3. The van der Waals surface area contributed by atoms with Gasteiger partial charge in [-0.3, -0.25) is 0 Å². The number of ether oxygens (including phenoxy) is 2. The van der Waals surface area contributed by atoms with Crippen LogP contribution in [0.25, 0.3) is 0 Å². The van der Waals surface area contributed by atoms with Gasteiger partial charge in [0.05, 0.1) is 19.3 Å². The molecule has 3 nitrogen and oxygen atoms in total. The smallest absolute Gasteiger partial charge is 0.0809 e. The first-order chi connectivity index (χ1) is 8.88. The minimum atomic E-state index is 0.315. The van der Waals surface area contributed by atoms with Gasteiger partial charge in [-0.2, -0.15) is 0 Å². The zero-order valence-electron chi connectivity index (χ0n) is 11.2. The summed E-state index contributed by atoms with van der Waals surface area (Å²) in [6.07, 6.45) is 2.63. The standard InChI is InChI=1S/C15H23NO2/c1-2-16-10-13-5-3-6-14(9-13)11-17-12-15-7-4-8-18-15/h3,5-6,9,15-16H,2,4,7-8,10-12H2,1H3. The van der Waals surface area contributed by atoms with Crippen molar-refractivity contribution in [2.45, 2.75) is 39.0 Å². The van der Waals surface area contributed by atoms with E-state index in [1.807, 2.05) is 0 Å². The van der Waals surface area contributed by atoms with E-state index < -0.39 is 0 Å². The van der Waals surface area contributed by atoms with Crippen LogP contribution in [0.15, 0.2) is 24.3 Å². The van der Waals surface area contributed by atoms with Crippen molar-refractivity contribution in [3.8, 4) is 0 Å². The summed E-state index contributed by atoms with van der Waals surface area (Å²) in [6.45, 7) is 6.34. The Kier molecular flexibility index (Phi) is 5.65. The predicted octanol–water partition coefficient (Wildman–Crippen LogP) is 2.49. The molecule has 0 aromatic heterocycles. The maximum Gasteiger partial charge on any atom is 0.0809 e. The number of nitrogens with one attached hydrogen (secondary N) is 1. The van der Waals surface area contributed by atoms with E-state index in [2.05, 4.69) is 36.5 Å². The first kappa shape index (κ1) is 13.5. The summed E-state index contributed by atoms with van der Waals surface area (Å²) >= 11 is 0. The molecular formula is C15H23NO2. The zero-order valence-corrected chi connectivity index (χ0v) is 11.2. The molecule has 1 saturated heterocycles. The molecule has 0 bridgehead atoms. The second-order valence-electron chi connectivity index (χ2n) is 4.75. The fourth-order valence-corrected chi connectivity index (χ4v) is 2.18. The van der Waals surface area contributed by atoms with Gasteiger partial charge < -0.3 is 14.8 Å². The van der Waals surface area contributed by atoms with E-state index in [1.165, 1.54) is 17.5 Å². The highest BCUT2D eigenvalue weighted by atomic mass is 16.5. The third-order valence-corrected chi connectivity index (χ3v) is 3.17. The highest BCUT2D eigenvalue weighted by molar-refractivity contribution is 5.22. The van der Waals surface area contributed by atoms with Crippen LogP contribution < -0.4 is 5.32 Å². The number of hydrogen-bond donors (Lipinski definition) is 1. The van der Waals surface area contributed by atoms with Crippen LogP contribution in [0.1, 0.15) is 30.9 Å². The summed E-state index contributed by atoms with van der Waals surface area (Å²) in [5.74, 6) is 0. The van der Waals surface area contributed by atoms with Gasteiger partial charge in [-0.1, -0.05) is 31.2 Å². The Morgan fingerprint density at radius 1 is 1.39 bits per heavy atom. The van der Waals surface area contributed by atoms with Crippen LogP contribution in [-0.4, -0.2) is 25.9 Å². The van der Waals surface area contributed by atoms with Crippen molar-refractivity contribution < 1.29 is 9.47 Å². The van der Waals surface area contributed by atoms with Crippen LogP contribution in [0.4, 0.5) is 0 Å². The fraction of sp³-hybridized carbons (Fsp3) is 0.600. The predicted molar refractivity (Wildman–Crippen MR) is 72.5 cm³/mol. The molecule has 1 atom stereocenters. The van der Waals surface area contributed by atoms with Crippen LogP contribution in [0.2, 0.25) is 0 Å². The molecule has 0 aliphatic carbocycles.